The van der Waals surface area contributed by atoms with E-state index in [0.29, 0.717) is 6.42 Å². The van der Waals surface area contributed by atoms with Crippen molar-refractivity contribution in [3.63, 3.8) is 0 Å². The summed E-state index contributed by atoms with van der Waals surface area (Å²) in [5.74, 6) is 0.147. The highest BCUT2D eigenvalue weighted by atomic mass is 15.1. The first-order valence-corrected chi connectivity index (χ1v) is 4.68. The molecule has 0 radical (unpaired) electrons. The van der Waals surface area contributed by atoms with Crippen molar-refractivity contribution in [3.05, 3.63) is 42.1 Å². The van der Waals surface area contributed by atoms with Crippen LogP contribution in [0.3, 0.4) is 0 Å². The molecule has 0 bridgehead atoms. The highest BCUT2D eigenvalue weighted by Gasteiger charge is 2.07. The molecule has 4 nitrogen and oxygen atoms in total. The maximum Gasteiger partial charge on any atom is 0.0951 e. The highest BCUT2D eigenvalue weighted by molar-refractivity contribution is 5.81. The van der Waals surface area contributed by atoms with Crippen LogP contribution in [0, 0.1) is 5.41 Å². The summed E-state index contributed by atoms with van der Waals surface area (Å²) in [5, 5.41) is 14.2. The van der Waals surface area contributed by atoms with Gasteiger partial charge in [-0.2, -0.15) is 5.10 Å². The Morgan fingerprint density at radius 3 is 2.73 bits per heavy atom. The molecule has 0 unspecified atom stereocenters. The van der Waals surface area contributed by atoms with Gasteiger partial charge in [0.2, 0.25) is 0 Å². The van der Waals surface area contributed by atoms with Crippen LogP contribution in [0.1, 0.15) is 5.56 Å². The molecule has 4 N–H and O–H groups in total. The fourth-order valence-corrected chi connectivity index (χ4v) is 1.51. The summed E-state index contributed by atoms with van der Waals surface area (Å²) in [7, 11) is 0. The van der Waals surface area contributed by atoms with Crippen LogP contribution in [0.4, 0.5) is 0 Å². The third-order valence-electron chi connectivity index (χ3n) is 2.16. The van der Waals surface area contributed by atoms with Gasteiger partial charge in [-0.25, -0.2) is 0 Å². The third kappa shape index (κ3) is 2.04. The Balaban J connectivity index is 2.37. The molecule has 2 aromatic rings. The molecule has 0 aliphatic carbocycles. The third-order valence-corrected chi connectivity index (χ3v) is 2.16. The Kier molecular flexibility index (Phi) is 2.49. The van der Waals surface area contributed by atoms with Gasteiger partial charge in [-0.3, -0.25) is 10.5 Å². The van der Waals surface area contributed by atoms with Crippen molar-refractivity contribution in [3.8, 4) is 11.3 Å². The number of aromatic nitrogens is 2. The molecule has 0 saturated heterocycles. The molecule has 1 aromatic heterocycles. The second-order valence-corrected chi connectivity index (χ2v) is 3.34. The molecule has 0 saturated carbocycles. The number of rotatable bonds is 3. The van der Waals surface area contributed by atoms with Crippen molar-refractivity contribution in [2.24, 2.45) is 5.73 Å². The maximum atomic E-state index is 7.27. The normalized spacial score (nSPS) is 10.1. The smallest absolute Gasteiger partial charge is 0.0951 e. The minimum absolute atomic E-state index is 0.147. The SMILES string of the molecule is N=C(N)Cc1cn[nH]c1-c1ccccc1. The summed E-state index contributed by atoms with van der Waals surface area (Å²) < 4.78 is 0. The second-order valence-electron chi connectivity index (χ2n) is 3.34. The minimum atomic E-state index is 0.147. The van der Waals surface area contributed by atoms with Crippen LogP contribution in [0.25, 0.3) is 11.3 Å². The van der Waals surface area contributed by atoms with E-state index in [1.807, 2.05) is 30.3 Å². The van der Waals surface area contributed by atoms with Crippen LogP contribution in [0.5, 0.6) is 0 Å². The Bertz CT molecular complexity index is 458. The molecule has 0 aliphatic rings. The first kappa shape index (κ1) is 9.45. The van der Waals surface area contributed by atoms with Crippen molar-refractivity contribution in [2.45, 2.75) is 6.42 Å². The summed E-state index contributed by atoms with van der Waals surface area (Å²) in [5.41, 5.74) is 8.32. The molecule has 1 aromatic carbocycles. The second kappa shape index (κ2) is 3.96. The number of amidine groups is 1. The number of benzene rings is 1. The first-order valence-electron chi connectivity index (χ1n) is 4.68. The summed E-state index contributed by atoms with van der Waals surface area (Å²) in [4.78, 5) is 0. The topological polar surface area (TPSA) is 78.6 Å². The van der Waals surface area contributed by atoms with Crippen LogP contribution in [0.2, 0.25) is 0 Å². The molecule has 0 fully saturated rings. The van der Waals surface area contributed by atoms with Gasteiger partial charge in [0.05, 0.1) is 17.7 Å². The Morgan fingerprint density at radius 2 is 2.07 bits per heavy atom. The molecule has 0 spiro atoms. The number of hydrogen-bond acceptors (Lipinski definition) is 2. The predicted octanol–water partition coefficient (Wildman–Crippen LogP) is 1.56. The molecule has 15 heavy (non-hydrogen) atoms. The zero-order valence-corrected chi connectivity index (χ0v) is 8.20. The van der Waals surface area contributed by atoms with E-state index in [-0.39, 0.29) is 5.84 Å². The highest BCUT2D eigenvalue weighted by Crippen LogP contribution is 2.20. The van der Waals surface area contributed by atoms with Crippen molar-refractivity contribution >= 4 is 5.84 Å². The fraction of sp³-hybridized carbons (Fsp3) is 0.0909. The number of aromatic amines is 1. The minimum Gasteiger partial charge on any atom is -0.387 e. The van der Waals surface area contributed by atoms with E-state index in [9.17, 15) is 0 Å². The van der Waals surface area contributed by atoms with Gasteiger partial charge in [0, 0.05) is 12.0 Å². The van der Waals surface area contributed by atoms with Gasteiger partial charge < -0.3 is 5.73 Å². The van der Waals surface area contributed by atoms with E-state index in [4.69, 9.17) is 11.1 Å². The Labute approximate surface area is 87.6 Å². The molecule has 4 heteroatoms. The standard InChI is InChI=1S/C11H12N4/c12-10(13)6-9-7-14-15-11(9)8-4-2-1-3-5-8/h1-5,7H,6H2,(H3,12,13)(H,14,15). The van der Waals surface area contributed by atoms with Crippen LogP contribution < -0.4 is 5.73 Å². The van der Waals surface area contributed by atoms with Crippen molar-refractivity contribution in [1.29, 1.82) is 5.41 Å². The van der Waals surface area contributed by atoms with Crippen LogP contribution in [0.15, 0.2) is 36.5 Å². The van der Waals surface area contributed by atoms with Gasteiger partial charge in [0.1, 0.15) is 0 Å². The molecule has 2 rings (SSSR count). The zero-order chi connectivity index (χ0) is 10.7. The summed E-state index contributed by atoms with van der Waals surface area (Å²) in [6, 6.07) is 9.89. The van der Waals surface area contributed by atoms with Gasteiger partial charge in [-0.15, -0.1) is 0 Å². The van der Waals surface area contributed by atoms with E-state index in [1.165, 1.54) is 0 Å². The average molecular weight is 200 g/mol. The van der Waals surface area contributed by atoms with Crippen LogP contribution in [-0.4, -0.2) is 16.0 Å². The van der Waals surface area contributed by atoms with Crippen molar-refractivity contribution < 1.29 is 0 Å². The van der Waals surface area contributed by atoms with Crippen molar-refractivity contribution in [2.75, 3.05) is 0 Å². The number of hydrogen-bond donors (Lipinski definition) is 3. The van der Waals surface area contributed by atoms with Gasteiger partial charge in [0.15, 0.2) is 0 Å². The number of nitrogens with one attached hydrogen (secondary N) is 2. The lowest BCUT2D eigenvalue weighted by atomic mass is 10.1. The zero-order valence-electron chi connectivity index (χ0n) is 8.20. The van der Waals surface area contributed by atoms with Gasteiger partial charge in [0.25, 0.3) is 0 Å². The molecule has 0 amide bonds. The van der Waals surface area contributed by atoms with Crippen molar-refractivity contribution in [1.82, 2.24) is 10.2 Å². The first-order chi connectivity index (χ1) is 7.27. The van der Waals surface area contributed by atoms with Gasteiger partial charge >= 0.3 is 0 Å². The maximum absolute atomic E-state index is 7.27. The largest absolute Gasteiger partial charge is 0.387 e. The summed E-state index contributed by atoms with van der Waals surface area (Å²) in [6.07, 6.45) is 2.14. The molecule has 76 valence electrons. The lowest BCUT2D eigenvalue weighted by molar-refractivity contribution is 1.10. The van der Waals surface area contributed by atoms with Crippen LogP contribution in [-0.2, 0) is 6.42 Å². The molecule has 1 heterocycles. The van der Waals surface area contributed by atoms with E-state index in [2.05, 4.69) is 10.2 Å². The number of nitrogens with two attached hydrogens (primary N) is 1. The van der Waals surface area contributed by atoms with E-state index in [0.717, 1.165) is 16.8 Å². The Hall–Kier alpha value is -2.10. The molecule has 0 atom stereocenters. The monoisotopic (exact) mass is 200 g/mol. The molecule has 0 aliphatic heterocycles. The molecular formula is C11H12N4. The predicted molar refractivity (Wildman–Crippen MR) is 59.6 cm³/mol. The van der Waals surface area contributed by atoms with E-state index < -0.39 is 0 Å². The van der Waals surface area contributed by atoms with Gasteiger partial charge in [-0.1, -0.05) is 30.3 Å². The van der Waals surface area contributed by atoms with E-state index in [1.54, 1.807) is 6.20 Å². The van der Waals surface area contributed by atoms with Crippen LogP contribution >= 0.6 is 0 Å². The fourth-order valence-electron chi connectivity index (χ4n) is 1.51. The lowest BCUT2D eigenvalue weighted by Gasteiger charge is -2.01. The quantitative estimate of drug-likeness (QED) is 0.519. The van der Waals surface area contributed by atoms with E-state index >= 15 is 0 Å². The molecular weight excluding hydrogens is 188 g/mol. The summed E-state index contributed by atoms with van der Waals surface area (Å²) >= 11 is 0. The summed E-state index contributed by atoms with van der Waals surface area (Å²) in [6.45, 7) is 0. The Morgan fingerprint density at radius 1 is 1.33 bits per heavy atom. The number of nitrogens with zero attached hydrogens (tertiary/aromatic N) is 1. The lowest BCUT2D eigenvalue weighted by Crippen LogP contribution is -2.12. The number of H-pyrrole nitrogens is 1. The average Bonchev–Trinajstić information content (AvgIpc) is 2.66. The van der Waals surface area contributed by atoms with Gasteiger partial charge in [-0.05, 0) is 5.56 Å².